The van der Waals surface area contributed by atoms with E-state index in [2.05, 4.69) is 31.1 Å². The molecule has 3 heteroatoms. The molecule has 21 heavy (non-hydrogen) atoms. The van der Waals surface area contributed by atoms with Gasteiger partial charge in [0.1, 0.15) is 5.75 Å². The molecule has 0 spiro atoms. The molecule has 1 aromatic heterocycles. The van der Waals surface area contributed by atoms with E-state index in [0.29, 0.717) is 6.04 Å². The Bertz CT molecular complexity index is 453. The molecular formula is C18H30N2O. The van der Waals surface area contributed by atoms with Gasteiger partial charge in [0.15, 0.2) is 0 Å². The van der Waals surface area contributed by atoms with Crippen molar-refractivity contribution in [2.75, 3.05) is 13.7 Å². The summed E-state index contributed by atoms with van der Waals surface area (Å²) in [5.41, 5.74) is 3.50. The van der Waals surface area contributed by atoms with Crippen molar-refractivity contribution in [3.63, 3.8) is 0 Å². The molecule has 1 aliphatic rings. The molecule has 1 saturated carbocycles. The van der Waals surface area contributed by atoms with Gasteiger partial charge in [-0.15, -0.1) is 0 Å². The topological polar surface area (TPSA) is 34.2 Å². The van der Waals surface area contributed by atoms with Gasteiger partial charge in [0.05, 0.1) is 7.11 Å². The van der Waals surface area contributed by atoms with Crippen molar-refractivity contribution in [2.45, 2.75) is 65.3 Å². The van der Waals surface area contributed by atoms with Gasteiger partial charge in [-0.25, -0.2) is 0 Å². The minimum absolute atomic E-state index is 0.539. The number of aromatic nitrogens is 1. The summed E-state index contributed by atoms with van der Waals surface area (Å²) in [6.07, 6.45) is 9.88. The molecule has 0 aliphatic heterocycles. The van der Waals surface area contributed by atoms with Gasteiger partial charge in [0.2, 0.25) is 0 Å². The van der Waals surface area contributed by atoms with Crippen LogP contribution in [0.3, 0.4) is 0 Å². The molecule has 2 rings (SSSR count). The van der Waals surface area contributed by atoms with Crippen LogP contribution in [0.15, 0.2) is 6.20 Å². The van der Waals surface area contributed by atoms with Crippen molar-refractivity contribution < 1.29 is 4.74 Å². The Balaban J connectivity index is 2.08. The summed E-state index contributed by atoms with van der Waals surface area (Å²) in [4.78, 5) is 4.66. The Morgan fingerprint density at radius 3 is 2.67 bits per heavy atom. The van der Waals surface area contributed by atoms with Gasteiger partial charge in [-0.3, -0.25) is 4.98 Å². The van der Waals surface area contributed by atoms with E-state index in [0.717, 1.165) is 30.2 Å². The summed E-state index contributed by atoms with van der Waals surface area (Å²) in [6.45, 7) is 7.41. The third kappa shape index (κ3) is 4.19. The van der Waals surface area contributed by atoms with Gasteiger partial charge in [0, 0.05) is 35.5 Å². The largest absolute Gasteiger partial charge is 0.496 e. The first-order valence-corrected chi connectivity index (χ1v) is 8.38. The first-order chi connectivity index (χ1) is 10.2. The van der Waals surface area contributed by atoms with E-state index in [1.165, 1.54) is 43.4 Å². The van der Waals surface area contributed by atoms with Gasteiger partial charge in [0.25, 0.3) is 0 Å². The van der Waals surface area contributed by atoms with Crippen LogP contribution in [-0.4, -0.2) is 24.7 Å². The number of pyridine rings is 1. The number of methoxy groups -OCH3 is 1. The Hall–Kier alpha value is -1.09. The number of aryl methyl sites for hydroxylation is 1. The summed E-state index contributed by atoms with van der Waals surface area (Å²) in [7, 11) is 1.75. The van der Waals surface area contributed by atoms with Crippen molar-refractivity contribution in [2.24, 2.45) is 5.92 Å². The summed E-state index contributed by atoms with van der Waals surface area (Å²) < 4.78 is 5.53. The predicted octanol–water partition coefficient (Wildman–Crippen LogP) is 3.81. The smallest absolute Gasteiger partial charge is 0.128 e. The van der Waals surface area contributed by atoms with E-state index in [4.69, 9.17) is 4.74 Å². The third-order valence-electron chi connectivity index (χ3n) is 4.77. The fraction of sp³-hybridized carbons (Fsp3) is 0.722. The lowest BCUT2D eigenvalue weighted by Crippen LogP contribution is -2.33. The molecular weight excluding hydrogens is 260 g/mol. The highest BCUT2D eigenvalue weighted by molar-refractivity contribution is 5.41. The van der Waals surface area contributed by atoms with Crippen molar-refractivity contribution >= 4 is 0 Å². The summed E-state index contributed by atoms with van der Waals surface area (Å²) >= 11 is 0. The molecule has 0 saturated heterocycles. The predicted molar refractivity (Wildman–Crippen MR) is 88.0 cm³/mol. The fourth-order valence-corrected chi connectivity index (χ4v) is 3.69. The average molecular weight is 290 g/mol. The Kier molecular flexibility index (Phi) is 6.04. The van der Waals surface area contributed by atoms with Crippen LogP contribution in [0, 0.1) is 19.8 Å². The summed E-state index contributed by atoms with van der Waals surface area (Å²) in [6, 6.07) is 0.539. The zero-order valence-electron chi connectivity index (χ0n) is 14.0. The van der Waals surface area contributed by atoms with Crippen molar-refractivity contribution in [1.82, 2.24) is 10.3 Å². The highest BCUT2D eigenvalue weighted by atomic mass is 16.5. The molecule has 1 N–H and O–H groups in total. The molecule has 0 aromatic carbocycles. The van der Waals surface area contributed by atoms with Crippen LogP contribution in [0.2, 0.25) is 0 Å². The molecule has 1 aromatic rings. The number of hydrogen-bond acceptors (Lipinski definition) is 3. The number of likely N-dealkylation sites (N-methyl/N-ethyl adjacent to an activating group) is 1. The van der Waals surface area contributed by atoms with Crippen molar-refractivity contribution in [1.29, 1.82) is 0 Å². The van der Waals surface area contributed by atoms with E-state index >= 15 is 0 Å². The monoisotopic (exact) mass is 290 g/mol. The summed E-state index contributed by atoms with van der Waals surface area (Å²) in [5, 5.41) is 3.66. The molecule has 118 valence electrons. The Labute approximate surface area is 129 Å². The number of rotatable bonds is 7. The van der Waals surface area contributed by atoms with Crippen LogP contribution in [0.5, 0.6) is 5.75 Å². The van der Waals surface area contributed by atoms with E-state index in [-0.39, 0.29) is 0 Å². The molecule has 0 amide bonds. The second-order valence-electron chi connectivity index (χ2n) is 6.39. The second kappa shape index (κ2) is 7.79. The first kappa shape index (κ1) is 16.3. The zero-order chi connectivity index (χ0) is 15.2. The van der Waals surface area contributed by atoms with Crippen LogP contribution in [0.4, 0.5) is 0 Å². The van der Waals surface area contributed by atoms with Crippen molar-refractivity contribution in [3.8, 4) is 5.75 Å². The Morgan fingerprint density at radius 1 is 1.33 bits per heavy atom. The van der Waals surface area contributed by atoms with E-state index in [9.17, 15) is 0 Å². The van der Waals surface area contributed by atoms with Gasteiger partial charge in [-0.05, 0) is 32.7 Å². The van der Waals surface area contributed by atoms with E-state index in [1.807, 2.05) is 6.20 Å². The lowest BCUT2D eigenvalue weighted by molar-refractivity contribution is 0.384. The van der Waals surface area contributed by atoms with Gasteiger partial charge >= 0.3 is 0 Å². The number of ether oxygens (including phenoxy) is 1. The molecule has 1 unspecified atom stereocenters. The maximum atomic E-state index is 5.53. The standard InChI is InChI=1S/C18H30N2O/c1-5-19-16(10-15-8-6-7-9-15)11-17-14(3)18(21-4)13(2)12-20-17/h12,15-16,19H,5-11H2,1-4H3. The number of nitrogens with zero attached hydrogens (tertiary/aromatic N) is 1. The average Bonchev–Trinajstić information content (AvgIpc) is 2.96. The highest BCUT2D eigenvalue weighted by Crippen LogP contribution is 2.30. The molecule has 1 aliphatic carbocycles. The first-order valence-electron chi connectivity index (χ1n) is 8.38. The van der Waals surface area contributed by atoms with Crippen LogP contribution >= 0.6 is 0 Å². The number of nitrogens with one attached hydrogen (secondary N) is 1. The Morgan fingerprint density at radius 2 is 2.05 bits per heavy atom. The normalized spacial score (nSPS) is 17.1. The lowest BCUT2D eigenvalue weighted by atomic mass is 9.94. The van der Waals surface area contributed by atoms with Crippen molar-refractivity contribution in [3.05, 3.63) is 23.0 Å². The SMILES string of the molecule is CCNC(Cc1ncc(C)c(OC)c1C)CC1CCCC1. The maximum absolute atomic E-state index is 5.53. The molecule has 1 atom stereocenters. The van der Waals surface area contributed by atoms with Crippen LogP contribution < -0.4 is 10.1 Å². The molecule has 0 radical (unpaired) electrons. The zero-order valence-corrected chi connectivity index (χ0v) is 14.0. The minimum Gasteiger partial charge on any atom is -0.496 e. The van der Waals surface area contributed by atoms with Gasteiger partial charge in [-0.1, -0.05) is 32.6 Å². The fourth-order valence-electron chi connectivity index (χ4n) is 3.69. The highest BCUT2D eigenvalue weighted by Gasteiger charge is 2.21. The minimum atomic E-state index is 0.539. The van der Waals surface area contributed by atoms with Gasteiger partial charge in [-0.2, -0.15) is 0 Å². The van der Waals surface area contributed by atoms with E-state index in [1.54, 1.807) is 7.11 Å². The van der Waals surface area contributed by atoms with Crippen LogP contribution in [-0.2, 0) is 6.42 Å². The summed E-state index contributed by atoms with van der Waals surface area (Å²) in [5.74, 6) is 1.90. The lowest BCUT2D eigenvalue weighted by Gasteiger charge is -2.22. The van der Waals surface area contributed by atoms with Gasteiger partial charge < -0.3 is 10.1 Å². The number of hydrogen-bond donors (Lipinski definition) is 1. The second-order valence-corrected chi connectivity index (χ2v) is 6.39. The molecule has 0 bridgehead atoms. The van der Waals surface area contributed by atoms with Crippen LogP contribution in [0.1, 0.15) is 55.8 Å². The quantitative estimate of drug-likeness (QED) is 0.829. The molecule has 3 nitrogen and oxygen atoms in total. The maximum Gasteiger partial charge on any atom is 0.128 e. The third-order valence-corrected chi connectivity index (χ3v) is 4.77. The van der Waals surface area contributed by atoms with Crippen LogP contribution in [0.25, 0.3) is 0 Å². The molecule has 1 heterocycles. The van der Waals surface area contributed by atoms with E-state index < -0.39 is 0 Å². The molecule has 1 fully saturated rings.